The number of rotatable bonds is 0. The topological polar surface area (TPSA) is 75.8 Å². The van der Waals surface area contributed by atoms with Gasteiger partial charge in [-0.05, 0) is 12.8 Å². The standard InChI is InChI=1S/C8H14N2O3/c9-5-1-6-3-13-4-7(2-5)10(6)8(11)12/h5-7H,1-4,9H2,(H,11,12)/t5?,6-,7+. The van der Waals surface area contributed by atoms with Crippen LogP contribution in [0.3, 0.4) is 0 Å². The van der Waals surface area contributed by atoms with E-state index in [9.17, 15) is 4.79 Å². The highest BCUT2D eigenvalue weighted by molar-refractivity contribution is 5.66. The summed E-state index contributed by atoms with van der Waals surface area (Å²) in [6.07, 6.45) is 0.608. The second-order valence-corrected chi connectivity index (χ2v) is 3.77. The summed E-state index contributed by atoms with van der Waals surface area (Å²) in [5.74, 6) is 0. The molecule has 74 valence electrons. The molecule has 2 rings (SSSR count). The number of ether oxygens (including phenoxy) is 1. The number of piperidine rings is 1. The summed E-state index contributed by atoms with van der Waals surface area (Å²) >= 11 is 0. The fourth-order valence-corrected chi connectivity index (χ4v) is 2.27. The van der Waals surface area contributed by atoms with E-state index in [1.165, 1.54) is 4.90 Å². The van der Waals surface area contributed by atoms with Gasteiger partial charge >= 0.3 is 6.09 Å². The van der Waals surface area contributed by atoms with Gasteiger partial charge in [-0.25, -0.2) is 4.79 Å². The van der Waals surface area contributed by atoms with Crippen molar-refractivity contribution in [1.82, 2.24) is 4.90 Å². The van der Waals surface area contributed by atoms with E-state index in [2.05, 4.69) is 0 Å². The van der Waals surface area contributed by atoms with Gasteiger partial charge in [0.25, 0.3) is 0 Å². The molecule has 2 heterocycles. The minimum Gasteiger partial charge on any atom is -0.465 e. The Hall–Kier alpha value is -0.810. The molecule has 5 nitrogen and oxygen atoms in total. The lowest BCUT2D eigenvalue weighted by atomic mass is 9.91. The second-order valence-electron chi connectivity index (χ2n) is 3.77. The summed E-state index contributed by atoms with van der Waals surface area (Å²) in [4.78, 5) is 12.4. The number of hydrogen-bond donors (Lipinski definition) is 2. The average molecular weight is 186 g/mol. The molecule has 13 heavy (non-hydrogen) atoms. The highest BCUT2D eigenvalue weighted by atomic mass is 16.5. The van der Waals surface area contributed by atoms with E-state index < -0.39 is 6.09 Å². The maximum Gasteiger partial charge on any atom is 0.407 e. The molecule has 2 bridgehead atoms. The monoisotopic (exact) mass is 186 g/mol. The first-order valence-electron chi connectivity index (χ1n) is 4.53. The van der Waals surface area contributed by atoms with Crippen molar-refractivity contribution in [2.24, 2.45) is 5.73 Å². The van der Waals surface area contributed by atoms with Crippen molar-refractivity contribution in [2.45, 2.75) is 31.0 Å². The molecular weight excluding hydrogens is 172 g/mol. The van der Waals surface area contributed by atoms with E-state index in [4.69, 9.17) is 15.6 Å². The lowest BCUT2D eigenvalue weighted by Gasteiger charge is -2.46. The van der Waals surface area contributed by atoms with Crippen LogP contribution in [0.2, 0.25) is 0 Å². The molecule has 3 N–H and O–H groups in total. The van der Waals surface area contributed by atoms with E-state index >= 15 is 0 Å². The highest BCUT2D eigenvalue weighted by Gasteiger charge is 2.40. The largest absolute Gasteiger partial charge is 0.465 e. The van der Waals surface area contributed by atoms with Crippen LogP contribution in [-0.4, -0.2) is 47.4 Å². The van der Waals surface area contributed by atoms with Gasteiger partial charge in [-0.3, -0.25) is 4.90 Å². The van der Waals surface area contributed by atoms with Crippen LogP contribution in [0.15, 0.2) is 0 Å². The molecule has 0 spiro atoms. The number of hydrogen-bond acceptors (Lipinski definition) is 3. The maximum absolute atomic E-state index is 10.9. The number of fused-ring (bicyclic) bond motifs is 2. The van der Waals surface area contributed by atoms with Gasteiger partial charge in [0.15, 0.2) is 0 Å². The fraction of sp³-hybridized carbons (Fsp3) is 0.875. The summed E-state index contributed by atoms with van der Waals surface area (Å²) in [6.45, 7) is 0.993. The summed E-state index contributed by atoms with van der Waals surface area (Å²) in [5, 5.41) is 8.96. The third-order valence-electron chi connectivity index (χ3n) is 2.78. The van der Waals surface area contributed by atoms with Crippen LogP contribution in [0.5, 0.6) is 0 Å². The Labute approximate surface area is 76.5 Å². The molecular formula is C8H14N2O3. The SMILES string of the molecule is NC1C[C@H]2COC[C@@H](C1)N2C(=O)O. The first kappa shape index (κ1) is 8.77. The Balaban J connectivity index is 2.14. The molecule has 0 aliphatic carbocycles. The Morgan fingerprint density at radius 1 is 1.38 bits per heavy atom. The van der Waals surface area contributed by atoms with E-state index in [0.717, 1.165) is 12.8 Å². The van der Waals surface area contributed by atoms with Crippen molar-refractivity contribution in [2.75, 3.05) is 13.2 Å². The molecule has 1 unspecified atom stereocenters. The molecule has 0 saturated carbocycles. The van der Waals surface area contributed by atoms with Crippen LogP contribution in [-0.2, 0) is 4.74 Å². The minimum atomic E-state index is -0.842. The Morgan fingerprint density at radius 2 is 1.92 bits per heavy atom. The van der Waals surface area contributed by atoms with Crippen molar-refractivity contribution in [3.05, 3.63) is 0 Å². The van der Waals surface area contributed by atoms with Crippen molar-refractivity contribution >= 4 is 6.09 Å². The first-order chi connectivity index (χ1) is 6.18. The number of nitrogens with zero attached hydrogens (tertiary/aromatic N) is 1. The lowest BCUT2D eigenvalue weighted by molar-refractivity contribution is -0.0637. The molecule has 0 aromatic carbocycles. The van der Waals surface area contributed by atoms with Gasteiger partial charge in [-0.2, -0.15) is 0 Å². The van der Waals surface area contributed by atoms with E-state index in [1.54, 1.807) is 0 Å². The maximum atomic E-state index is 10.9. The Bertz CT molecular complexity index is 207. The van der Waals surface area contributed by atoms with Crippen LogP contribution >= 0.6 is 0 Å². The van der Waals surface area contributed by atoms with Crippen LogP contribution in [0.1, 0.15) is 12.8 Å². The number of nitrogens with two attached hydrogens (primary N) is 1. The smallest absolute Gasteiger partial charge is 0.407 e. The molecule has 2 fully saturated rings. The van der Waals surface area contributed by atoms with E-state index in [-0.39, 0.29) is 18.1 Å². The lowest BCUT2D eigenvalue weighted by Crippen LogP contribution is -2.61. The van der Waals surface area contributed by atoms with Gasteiger partial charge in [0.05, 0.1) is 25.3 Å². The van der Waals surface area contributed by atoms with Gasteiger partial charge in [0.1, 0.15) is 0 Å². The van der Waals surface area contributed by atoms with Gasteiger partial charge in [0.2, 0.25) is 0 Å². The molecule has 2 aliphatic rings. The van der Waals surface area contributed by atoms with E-state index in [1.807, 2.05) is 0 Å². The van der Waals surface area contributed by atoms with Crippen molar-refractivity contribution in [3.63, 3.8) is 0 Å². The zero-order valence-corrected chi connectivity index (χ0v) is 7.35. The molecule has 3 atom stereocenters. The van der Waals surface area contributed by atoms with Gasteiger partial charge in [-0.15, -0.1) is 0 Å². The molecule has 0 radical (unpaired) electrons. The van der Waals surface area contributed by atoms with Gasteiger partial charge in [-0.1, -0.05) is 0 Å². The van der Waals surface area contributed by atoms with Gasteiger partial charge < -0.3 is 15.6 Å². The summed E-state index contributed by atoms with van der Waals surface area (Å²) in [6, 6.07) is 0.0782. The third kappa shape index (κ3) is 1.49. The van der Waals surface area contributed by atoms with Crippen LogP contribution in [0.25, 0.3) is 0 Å². The average Bonchev–Trinajstić information content (AvgIpc) is 2.01. The molecule has 2 aliphatic heterocycles. The summed E-state index contributed by atoms with van der Waals surface area (Å²) in [5.41, 5.74) is 5.81. The number of amides is 1. The quantitative estimate of drug-likeness (QED) is 0.552. The normalized spacial score (nSPS) is 38.8. The second kappa shape index (κ2) is 3.16. The van der Waals surface area contributed by atoms with Crippen molar-refractivity contribution in [3.8, 4) is 0 Å². The van der Waals surface area contributed by atoms with Crippen LogP contribution in [0.4, 0.5) is 4.79 Å². The number of carboxylic acid groups (broad SMARTS) is 1. The molecule has 2 saturated heterocycles. The van der Waals surface area contributed by atoms with Crippen LogP contribution < -0.4 is 5.73 Å². The molecule has 0 aromatic rings. The predicted molar refractivity (Wildman–Crippen MR) is 45.5 cm³/mol. The Kier molecular flexibility index (Phi) is 2.13. The van der Waals surface area contributed by atoms with Crippen LogP contribution in [0, 0.1) is 0 Å². The van der Waals surface area contributed by atoms with E-state index in [0.29, 0.717) is 13.2 Å². The Morgan fingerprint density at radius 3 is 2.38 bits per heavy atom. The molecule has 0 aromatic heterocycles. The zero-order valence-electron chi connectivity index (χ0n) is 7.35. The summed E-state index contributed by atoms with van der Waals surface area (Å²) in [7, 11) is 0. The molecule has 5 heteroatoms. The number of morpholine rings is 1. The summed E-state index contributed by atoms with van der Waals surface area (Å²) < 4.78 is 5.30. The minimum absolute atomic E-state index is 0.0278. The highest BCUT2D eigenvalue weighted by Crippen LogP contribution is 2.26. The number of carbonyl (C=O) groups is 1. The van der Waals surface area contributed by atoms with Crippen molar-refractivity contribution < 1.29 is 14.6 Å². The first-order valence-corrected chi connectivity index (χ1v) is 4.53. The van der Waals surface area contributed by atoms with Gasteiger partial charge in [0, 0.05) is 6.04 Å². The fourth-order valence-electron chi connectivity index (χ4n) is 2.27. The zero-order chi connectivity index (χ0) is 9.42. The molecule has 1 amide bonds. The predicted octanol–water partition coefficient (Wildman–Crippen LogP) is -0.145. The van der Waals surface area contributed by atoms with Crippen molar-refractivity contribution in [1.29, 1.82) is 0 Å². The third-order valence-corrected chi connectivity index (χ3v) is 2.78.